The van der Waals surface area contributed by atoms with Gasteiger partial charge >= 0.3 is 0 Å². The predicted octanol–water partition coefficient (Wildman–Crippen LogP) is 4.49. The summed E-state index contributed by atoms with van der Waals surface area (Å²) in [4.78, 5) is 24.9. The van der Waals surface area contributed by atoms with E-state index in [0.717, 1.165) is 29.0 Å². The first-order chi connectivity index (χ1) is 15.9. The van der Waals surface area contributed by atoms with Crippen molar-refractivity contribution in [3.05, 3.63) is 88.3 Å². The lowest BCUT2D eigenvalue weighted by molar-refractivity contribution is -0.113. The molecule has 168 valence electrons. The van der Waals surface area contributed by atoms with Crippen molar-refractivity contribution in [3.63, 3.8) is 0 Å². The van der Waals surface area contributed by atoms with E-state index in [0.29, 0.717) is 28.6 Å². The van der Waals surface area contributed by atoms with Gasteiger partial charge in [0.1, 0.15) is 5.82 Å². The zero-order valence-corrected chi connectivity index (χ0v) is 19.1. The summed E-state index contributed by atoms with van der Waals surface area (Å²) in [6, 6.07) is 15.0. The van der Waals surface area contributed by atoms with E-state index in [-0.39, 0.29) is 22.6 Å². The number of benzene rings is 2. The van der Waals surface area contributed by atoms with Gasteiger partial charge in [-0.3, -0.25) is 14.0 Å². The van der Waals surface area contributed by atoms with E-state index >= 15 is 0 Å². The van der Waals surface area contributed by atoms with Crippen LogP contribution >= 0.6 is 23.4 Å². The highest BCUT2D eigenvalue weighted by Crippen LogP contribution is 2.23. The molecule has 0 spiro atoms. The third-order valence-electron chi connectivity index (χ3n) is 4.74. The smallest absolute Gasteiger partial charge is 0.253 e. The zero-order valence-electron chi connectivity index (χ0n) is 17.5. The second kappa shape index (κ2) is 10.0. The molecule has 7 nitrogen and oxygen atoms in total. The van der Waals surface area contributed by atoms with Gasteiger partial charge in [-0.2, -0.15) is 0 Å². The second-order valence-electron chi connectivity index (χ2n) is 7.26. The van der Waals surface area contributed by atoms with Crippen molar-refractivity contribution < 1.29 is 14.0 Å². The molecular formula is C23H19ClFN5O2S. The average molecular weight is 484 g/mol. The molecule has 4 rings (SSSR count). The highest BCUT2D eigenvalue weighted by molar-refractivity contribution is 7.99. The van der Waals surface area contributed by atoms with Crippen molar-refractivity contribution in [2.24, 2.45) is 0 Å². The van der Waals surface area contributed by atoms with Crippen LogP contribution in [0.1, 0.15) is 21.5 Å². The number of nitrogens with zero attached hydrogens (tertiary/aromatic N) is 3. The normalized spacial score (nSPS) is 10.9. The average Bonchev–Trinajstić information content (AvgIpc) is 3.21. The minimum atomic E-state index is -0.485. The van der Waals surface area contributed by atoms with Gasteiger partial charge in [0.2, 0.25) is 5.91 Å². The lowest BCUT2D eigenvalue weighted by Crippen LogP contribution is -2.23. The number of carbonyl (C=O) groups excluding carboxylic acids is 2. The van der Waals surface area contributed by atoms with Crippen LogP contribution in [0, 0.1) is 12.7 Å². The van der Waals surface area contributed by atoms with Crippen LogP contribution in [-0.4, -0.2) is 32.2 Å². The zero-order chi connectivity index (χ0) is 23.4. The van der Waals surface area contributed by atoms with Crippen molar-refractivity contribution in [3.8, 4) is 0 Å². The fraction of sp³-hybridized carbons (Fsp3) is 0.130. The van der Waals surface area contributed by atoms with Crippen molar-refractivity contribution in [1.82, 2.24) is 19.9 Å². The molecule has 0 aliphatic heterocycles. The monoisotopic (exact) mass is 483 g/mol. The molecule has 2 aromatic carbocycles. The van der Waals surface area contributed by atoms with E-state index in [1.54, 1.807) is 22.7 Å². The van der Waals surface area contributed by atoms with Gasteiger partial charge in [-0.25, -0.2) is 4.39 Å². The number of aromatic nitrogens is 3. The Morgan fingerprint density at radius 2 is 1.88 bits per heavy atom. The predicted molar refractivity (Wildman–Crippen MR) is 126 cm³/mol. The van der Waals surface area contributed by atoms with Crippen molar-refractivity contribution >= 4 is 46.5 Å². The molecule has 2 aromatic heterocycles. The number of carbonyl (C=O) groups is 2. The number of pyridine rings is 1. The summed E-state index contributed by atoms with van der Waals surface area (Å²) in [5.74, 6) is -1.03. The fourth-order valence-electron chi connectivity index (χ4n) is 3.00. The molecule has 10 heteroatoms. The maximum absolute atomic E-state index is 13.2. The number of thioether (sulfide) groups is 1. The first kappa shape index (κ1) is 22.8. The maximum Gasteiger partial charge on any atom is 0.253 e. The van der Waals surface area contributed by atoms with Crippen LogP contribution in [0.2, 0.25) is 5.02 Å². The molecule has 4 aromatic rings. The summed E-state index contributed by atoms with van der Waals surface area (Å²) in [6.45, 7) is 2.42. The van der Waals surface area contributed by atoms with Gasteiger partial charge in [0.25, 0.3) is 5.91 Å². The summed E-state index contributed by atoms with van der Waals surface area (Å²) in [5.41, 5.74) is 3.47. The third-order valence-corrected chi connectivity index (χ3v) is 6.00. The van der Waals surface area contributed by atoms with Gasteiger partial charge in [0.05, 0.1) is 22.0 Å². The van der Waals surface area contributed by atoms with Crippen LogP contribution in [0.15, 0.2) is 66.0 Å². The van der Waals surface area contributed by atoms with Crippen LogP contribution < -0.4 is 10.6 Å². The van der Waals surface area contributed by atoms with Gasteiger partial charge in [-0.05, 0) is 42.8 Å². The molecule has 0 aliphatic carbocycles. The minimum Gasteiger partial charge on any atom is -0.348 e. The quantitative estimate of drug-likeness (QED) is 0.378. The Balaban J connectivity index is 1.40. The number of rotatable bonds is 7. The Kier molecular flexibility index (Phi) is 6.90. The largest absolute Gasteiger partial charge is 0.348 e. The van der Waals surface area contributed by atoms with E-state index in [1.165, 1.54) is 12.1 Å². The summed E-state index contributed by atoms with van der Waals surface area (Å²) >= 11 is 7.10. The summed E-state index contributed by atoms with van der Waals surface area (Å²) < 4.78 is 14.8. The van der Waals surface area contributed by atoms with Crippen LogP contribution in [0.3, 0.4) is 0 Å². The minimum absolute atomic E-state index is 0.0261. The molecule has 2 amide bonds. The van der Waals surface area contributed by atoms with Gasteiger partial charge in [0, 0.05) is 12.7 Å². The highest BCUT2D eigenvalue weighted by atomic mass is 35.5. The number of amides is 2. The van der Waals surface area contributed by atoms with Crippen LogP contribution in [0.4, 0.5) is 10.1 Å². The Bertz CT molecular complexity index is 1330. The number of anilines is 1. The molecule has 33 heavy (non-hydrogen) atoms. The fourth-order valence-corrected chi connectivity index (χ4v) is 3.93. The Labute approximate surface area is 198 Å². The van der Waals surface area contributed by atoms with Gasteiger partial charge in [-0.15, -0.1) is 10.2 Å². The van der Waals surface area contributed by atoms with Gasteiger partial charge in [0.15, 0.2) is 10.8 Å². The molecule has 0 aliphatic rings. The number of halogens is 2. The number of aryl methyl sites for hydroxylation is 1. The lowest BCUT2D eigenvalue weighted by Gasteiger charge is -2.08. The SMILES string of the molecule is Cc1ccc(CNC(=O)c2ccc3nnc(SCC(=O)Nc4ccc(F)cc4Cl)n3c2)cc1. The Hall–Kier alpha value is -3.43. The molecule has 2 heterocycles. The highest BCUT2D eigenvalue weighted by Gasteiger charge is 2.13. The Morgan fingerprint density at radius 1 is 1.09 bits per heavy atom. The van der Waals surface area contributed by atoms with Crippen molar-refractivity contribution in [1.29, 1.82) is 0 Å². The molecule has 0 fully saturated rings. The van der Waals surface area contributed by atoms with E-state index in [2.05, 4.69) is 20.8 Å². The molecule has 0 radical (unpaired) electrons. The molecule has 2 N–H and O–H groups in total. The number of hydrogen-bond donors (Lipinski definition) is 2. The first-order valence-electron chi connectivity index (χ1n) is 9.95. The summed E-state index contributed by atoms with van der Waals surface area (Å²) in [7, 11) is 0. The summed E-state index contributed by atoms with van der Waals surface area (Å²) in [5, 5.41) is 14.3. The van der Waals surface area contributed by atoms with Gasteiger partial charge < -0.3 is 10.6 Å². The lowest BCUT2D eigenvalue weighted by atomic mass is 10.1. The topological polar surface area (TPSA) is 88.4 Å². The third kappa shape index (κ3) is 5.68. The molecular weight excluding hydrogens is 465 g/mol. The molecule has 0 unspecified atom stereocenters. The molecule has 0 bridgehead atoms. The van der Waals surface area contributed by atoms with E-state index in [9.17, 15) is 14.0 Å². The van der Waals surface area contributed by atoms with Crippen LogP contribution in [-0.2, 0) is 11.3 Å². The van der Waals surface area contributed by atoms with Crippen LogP contribution in [0.5, 0.6) is 0 Å². The van der Waals surface area contributed by atoms with Crippen molar-refractivity contribution in [2.45, 2.75) is 18.6 Å². The Morgan fingerprint density at radius 3 is 2.64 bits per heavy atom. The second-order valence-corrected chi connectivity index (χ2v) is 8.61. The standard InChI is InChI=1S/C23H19ClFN5O2S/c1-14-2-4-15(5-3-14)11-26-22(32)16-6-9-20-28-29-23(30(20)12-16)33-13-21(31)27-19-8-7-17(25)10-18(19)24/h2-10,12H,11,13H2,1H3,(H,26,32)(H,27,31). The maximum atomic E-state index is 13.2. The summed E-state index contributed by atoms with van der Waals surface area (Å²) in [6.07, 6.45) is 1.64. The first-order valence-corrected chi connectivity index (χ1v) is 11.3. The number of fused-ring (bicyclic) bond motifs is 1. The van der Waals surface area contributed by atoms with E-state index in [1.807, 2.05) is 31.2 Å². The molecule has 0 saturated carbocycles. The van der Waals surface area contributed by atoms with Crippen LogP contribution in [0.25, 0.3) is 5.65 Å². The van der Waals surface area contributed by atoms with Crippen molar-refractivity contribution in [2.75, 3.05) is 11.1 Å². The van der Waals surface area contributed by atoms with Gasteiger partial charge in [-0.1, -0.05) is 53.2 Å². The number of hydrogen-bond acceptors (Lipinski definition) is 5. The number of nitrogens with one attached hydrogen (secondary N) is 2. The molecule has 0 saturated heterocycles. The van der Waals surface area contributed by atoms with E-state index in [4.69, 9.17) is 11.6 Å². The van der Waals surface area contributed by atoms with E-state index < -0.39 is 5.82 Å². The molecule has 0 atom stereocenters.